The number of nitrogens with two attached hydrogens (primary N) is 2. The molecule has 0 aliphatic carbocycles. The number of sulfone groups is 1. The molecule has 6 nitrogen and oxygen atoms in total. The molecule has 0 spiro atoms. The van der Waals surface area contributed by atoms with Crippen molar-refractivity contribution in [2.75, 3.05) is 23.4 Å². The summed E-state index contributed by atoms with van der Waals surface area (Å²) in [6.45, 7) is 0.644. The van der Waals surface area contributed by atoms with Crippen LogP contribution in [0.2, 0.25) is 0 Å². The second kappa shape index (κ2) is 5.32. The molecule has 1 aliphatic heterocycles. The first-order valence-corrected chi connectivity index (χ1v) is 8.36. The lowest BCUT2D eigenvalue weighted by molar-refractivity contribution is -0.119. The number of benzene rings is 1. The van der Waals surface area contributed by atoms with Gasteiger partial charge in [-0.15, -0.1) is 0 Å². The number of primary amides is 1. The first-order chi connectivity index (χ1) is 9.32. The van der Waals surface area contributed by atoms with Gasteiger partial charge in [0.05, 0.1) is 16.3 Å². The molecule has 1 amide bonds. The highest BCUT2D eigenvalue weighted by Gasteiger charge is 2.29. The molecule has 0 saturated carbocycles. The van der Waals surface area contributed by atoms with Crippen molar-refractivity contribution in [3.8, 4) is 0 Å². The molecule has 1 aromatic carbocycles. The molecule has 1 fully saturated rings. The number of amides is 1. The Morgan fingerprint density at radius 3 is 2.65 bits per heavy atom. The van der Waals surface area contributed by atoms with Crippen LogP contribution < -0.4 is 16.4 Å². The van der Waals surface area contributed by atoms with E-state index in [4.69, 9.17) is 11.5 Å². The lowest BCUT2D eigenvalue weighted by Gasteiger charge is -2.36. The van der Waals surface area contributed by atoms with Crippen molar-refractivity contribution in [3.05, 3.63) is 18.2 Å². The molecule has 0 radical (unpaired) electrons. The minimum atomic E-state index is -3.40. The Kier molecular flexibility index (Phi) is 3.89. The van der Waals surface area contributed by atoms with Crippen molar-refractivity contribution in [3.63, 3.8) is 0 Å². The third-order valence-electron chi connectivity index (χ3n) is 3.58. The molecule has 7 heteroatoms. The van der Waals surface area contributed by atoms with Crippen LogP contribution in [-0.4, -0.2) is 33.2 Å². The summed E-state index contributed by atoms with van der Waals surface area (Å²) in [4.78, 5) is 13.5. The summed E-state index contributed by atoms with van der Waals surface area (Å²) in [5, 5.41) is 0. The van der Waals surface area contributed by atoms with Gasteiger partial charge in [-0.05, 0) is 31.4 Å². The predicted octanol–water partition coefficient (Wildman–Crippen LogP) is 0.517. The lowest BCUT2D eigenvalue weighted by Crippen LogP contribution is -2.48. The Bertz CT molecular complexity index is 628. The van der Waals surface area contributed by atoms with E-state index >= 15 is 0 Å². The van der Waals surface area contributed by atoms with Gasteiger partial charge in [-0.3, -0.25) is 4.79 Å². The number of carbonyl (C=O) groups is 1. The molecule has 1 unspecified atom stereocenters. The number of hydrogen-bond acceptors (Lipinski definition) is 5. The largest absolute Gasteiger partial charge is 0.396 e. The maximum absolute atomic E-state index is 11.7. The van der Waals surface area contributed by atoms with Crippen LogP contribution in [-0.2, 0) is 14.6 Å². The molecule has 1 saturated heterocycles. The van der Waals surface area contributed by atoms with Crippen molar-refractivity contribution in [2.45, 2.75) is 30.2 Å². The van der Waals surface area contributed by atoms with Gasteiger partial charge in [0.2, 0.25) is 5.91 Å². The molecule has 0 aromatic heterocycles. The van der Waals surface area contributed by atoms with E-state index in [1.807, 2.05) is 4.90 Å². The highest BCUT2D eigenvalue weighted by molar-refractivity contribution is 7.90. The molecule has 1 atom stereocenters. The molecular weight excluding hydrogens is 278 g/mol. The average Bonchev–Trinajstić information content (AvgIpc) is 2.37. The second-order valence-electron chi connectivity index (χ2n) is 5.07. The van der Waals surface area contributed by atoms with Crippen LogP contribution >= 0.6 is 0 Å². The molecule has 0 bridgehead atoms. The molecular formula is C13H19N3O3S. The number of carbonyl (C=O) groups excluding carboxylic acids is 1. The highest BCUT2D eigenvalue weighted by Crippen LogP contribution is 2.33. The van der Waals surface area contributed by atoms with E-state index < -0.39 is 21.8 Å². The van der Waals surface area contributed by atoms with Crippen molar-refractivity contribution >= 4 is 27.1 Å². The zero-order valence-electron chi connectivity index (χ0n) is 11.4. The molecule has 4 N–H and O–H groups in total. The van der Waals surface area contributed by atoms with Gasteiger partial charge in [-0.1, -0.05) is 6.07 Å². The van der Waals surface area contributed by atoms with Crippen LogP contribution in [0.15, 0.2) is 23.1 Å². The lowest BCUT2D eigenvalue weighted by atomic mass is 10.0. The summed E-state index contributed by atoms with van der Waals surface area (Å²) in [5.41, 5.74) is 12.2. The van der Waals surface area contributed by atoms with Gasteiger partial charge in [-0.25, -0.2) is 8.42 Å². The minimum Gasteiger partial charge on any atom is -0.396 e. The average molecular weight is 297 g/mol. The van der Waals surface area contributed by atoms with E-state index in [0.717, 1.165) is 19.1 Å². The minimum absolute atomic E-state index is 0.0868. The zero-order valence-corrected chi connectivity index (χ0v) is 12.2. The SMILES string of the molecule is CS(=O)(=O)c1cccc(N2CCCCC2C(N)=O)c1N. The fraction of sp³-hybridized carbons (Fsp3) is 0.462. The van der Waals surface area contributed by atoms with E-state index in [0.29, 0.717) is 18.7 Å². The summed E-state index contributed by atoms with van der Waals surface area (Å²) < 4.78 is 23.4. The molecule has 110 valence electrons. The van der Waals surface area contributed by atoms with E-state index in [2.05, 4.69) is 0 Å². The van der Waals surface area contributed by atoms with E-state index in [-0.39, 0.29) is 10.6 Å². The van der Waals surface area contributed by atoms with Gasteiger partial charge in [0.1, 0.15) is 6.04 Å². The summed E-state index contributed by atoms with van der Waals surface area (Å²) in [6, 6.07) is 4.40. The molecule has 20 heavy (non-hydrogen) atoms. The van der Waals surface area contributed by atoms with E-state index in [1.165, 1.54) is 6.07 Å². The van der Waals surface area contributed by atoms with Gasteiger partial charge in [0.25, 0.3) is 0 Å². The number of rotatable bonds is 3. The number of piperidine rings is 1. The first kappa shape index (κ1) is 14.6. The van der Waals surface area contributed by atoms with Crippen molar-refractivity contribution in [1.82, 2.24) is 0 Å². The zero-order chi connectivity index (χ0) is 14.9. The number of nitrogens with zero attached hydrogens (tertiary/aromatic N) is 1. The van der Waals surface area contributed by atoms with Crippen LogP contribution in [0.1, 0.15) is 19.3 Å². The van der Waals surface area contributed by atoms with Gasteiger partial charge >= 0.3 is 0 Å². The van der Waals surface area contributed by atoms with Crippen LogP contribution in [0.3, 0.4) is 0 Å². The van der Waals surface area contributed by atoms with Crippen LogP contribution in [0.5, 0.6) is 0 Å². The number of nitrogen functional groups attached to an aromatic ring is 1. The van der Waals surface area contributed by atoms with Gasteiger partial charge < -0.3 is 16.4 Å². The fourth-order valence-electron chi connectivity index (χ4n) is 2.62. The molecule has 1 aromatic rings. The molecule has 1 aliphatic rings. The maximum atomic E-state index is 11.7. The monoisotopic (exact) mass is 297 g/mol. The quantitative estimate of drug-likeness (QED) is 0.791. The first-order valence-electron chi connectivity index (χ1n) is 6.47. The van der Waals surface area contributed by atoms with Gasteiger partial charge in [0.15, 0.2) is 9.84 Å². The second-order valence-corrected chi connectivity index (χ2v) is 7.05. The predicted molar refractivity (Wildman–Crippen MR) is 78.1 cm³/mol. The smallest absolute Gasteiger partial charge is 0.240 e. The standard InChI is InChI=1S/C13H19N3O3S/c1-20(18,19)11-7-4-6-9(12(11)14)16-8-3-2-5-10(16)13(15)17/h4,6-7,10H,2-3,5,8,14H2,1H3,(H2,15,17). The fourth-order valence-corrected chi connectivity index (χ4v) is 3.45. The van der Waals surface area contributed by atoms with Gasteiger partial charge in [0, 0.05) is 12.8 Å². The Labute approximate surface area is 118 Å². The summed E-state index contributed by atoms with van der Waals surface area (Å²) in [5.74, 6) is -0.408. The molecule has 2 rings (SSSR count). The summed E-state index contributed by atoms with van der Waals surface area (Å²) in [6.07, 6.45) is 3.63. The van der Waals surface area contributed by atoms with Crippen molar-refractivity contribution in [1.29, 1.82) is 0 Å². The molecule has 1 heterocycles. The highest BCUT2D eigenvalue weighted by atomic mass is 32.2. The maximum Gasteiger partial charge on any atom is 0.240 e. The van der Waals surface area contributed by atoms with Crippen LogP contribution in [0.4, 0.5) is 11.4 Å². The van der Waals surface area contributed by atoms with Crippen LogP contribution in [0.25, 0.3) is 0 Å². The van der Waals surface area contributed by atoms with Gasteiger partial charge in [-0.2, -0.15) is 0 Å². The normalized spacial score (nSPS) is 19.9. The van der Waals surface area contributed by atoms with Crippen molar-refractivity contribution in [2.24, 2.45) is 5.73 Å². The number of para-hydroxylation sites is 1. The number of hydrogen-bond donors (Lipinski definition) is 2. The van der Waals surface area contributed by atoms with E-state index in [1.54, 1.807) is 12.1 Å². The van der Waals surface area contributed by atoms with Crippen molar-refractivity contribution < 1.29 is 13.2 Å². The van der Waals surface area contributed by atoms with Crippen LogP contribution in [0, 0.1) is 0 Å². The Morgan fingerprint density at radius 1 is 1.35 bits per heavy atom. The third-order valence-corrected chi connectivity index (χ3v) is 4.74. The Hall–Kier alpha value is -1.76. The Morgan fingerprint density at radius 2 is 2.05 bits per heavy atom. The topological polar surface area (TPSA) is 106 Å². The third kappa shape index (κ3) is 2.72. The summed E-state index contributed by atoms with van der Waals surface area (Å²) in [7, 11) is -3.40. The Balaban J connectivity index is 2.49. The summed E-state index contributed by atoms with van der Waals surface area (Å²) >= 11 is 0. The van der Waals surface area contributed by atoms with E-state index in [9.17, 15) is 13.2 Å². The number of anilines is 2.